The van der Waals surface area contributed by atoms with Gasteiger partial charge >= 0.3 is 0 Å². The number of benzene rings is 3. The minimum atomic E-state index is -0.563. The molecule has 0 spiro atoms. The first-order valence-corrected chi connectivity index (χ1v) is 12.4. The molecule has 0 saturated carbocycles. The first-order chi connectivity index (χ1) is 18.3. The van der Waals surface area contributed by atoms with Gasteiger partial charge in [0.15, 0.2) is 6.61 Å². The Morgan fingerprint density at radius 1 is 1.21 bits per heavy atom. The molecule has 1 heterocycles. The number of hydrogen-bond acceptors (Lipinski definition) is 8. The highest BCUT2D eigenvalue weighted by molar-refractivity contribution is 6.32. The van der Waals surface area contributed by atoms with E-state index in [9.17, 15) is 9.59 Å². The van der Waals surface area contributed by atoms with Crippen molar-refractivity contribution in [3.63, 3.8) is 0 Å². The summed E-state index contributed by atoms with van der Waals surface area (Å²) >= 11 is 5.50. The van der Waals surface area contributed by atoms with Gasteiger partial charge in [-0.05, 0) is 55.5 Å². The molecule has 1 saturated heterocycles. The molecule has 4 rings (SSSR count). The van der Waals surface area contributed by atoms with Crippen molar-refractivity contribution in [2.75, 3.05) is 26.3 Å². The largest absolute Gasteiger partial charge is 0.506 e. The highest BCUT2D eigenvalue weighted by atomic mass is 35.5. The van der Waals surface area contributed by atoms with Crippen LogP contribution in [0.25, 0.3) is 10.8 Å². The monoisotopic (exact) mass is 542 g/mol. The third-order valence-corrected chi connectivity index (χ3v) is 6.11. The molecule has 0 aromatic heterocycles. The standard InChI is InChI=1S/C20H25N3O4.C7H6ClNO2/c1-2-26-22-27-16-6-5-11-23(13-16)20(24)14-25-19-10-9-15(12-21)17-7-3-4-8-18(17)19;8-5-3-4(7(9)11)1-2-6(5)10/h3-4,7-10,12,16,21-22H,2,5-6,11,13-14H2,1H3;1-3,10H,(H2,9,11). The molecule has 11 heteroatoms. The van der Waals surface area contributed by atoms with Crippen LogP contribution in [-0.4, -0.2) is 60.4 Å². The second-order valence-electron chi connectivity index (χ2n) is 8.40. The fraction of sp³-hybridized carbons (Fsp3) is 0.296. The Balaban J connectivity index is 0.000000304. The molecular formula is C27H31ClN4O6. The van der Waals surface area contributed by atoms with E-state index in [-0.39, 0.29) is 35.0 Å². The number of fused-ring (bicyclic) bond motifs is 1. The van der Waals surface area contributed by atoms with E-state index >= 15 is 0 Å². The van der Waals surface area contributed by atoms with Gasteiger partial charge in [-0.3, -0.25) is 19.3 Å². The fourth-order valence-electron chi connectivity index (χ4n) is 3.86. The molecular weight excluding hydrogens is 512 g/mol. The highest BCUT2D eigenvalue weighted by Gasteiger charge is 2.25. The number of amides is 2. The SMILES string of the molecule is CCONOC1CCCN(C(=O)COc2ccc(C=N)c3ccccc23)C1.NC(=O)c1ccc(O)c(Cl)c1. The molecule has 0 radical (unpaired) electrons. The van der Waals surface area contributed by atoms with Crippen LogP contribution in [0.15, 0.2) is 54.6 Å². The Labute approximate surface area is 225 Å². The molecule has 1 aliphatic rings. The predicted octanol–water partition coefficient (Wildman–Crippen LogP) is 3.82. The summed E-state index contributed by atoms with van der Waals surface area (Å²) in [5.41, 5.74) is 8.53. The summed E-state index contributed by atoms with van der Waals surface area (Å²) in [6.07, 6.45) is 2.98. The molecule has 0 aliphatic carbocycles. The highest BCUT2D eigenvalue weighted by Crippen LogP contribution is 2.28. The normalized spacial score (nSPS) is 14.9. The van der Waals surface area contributed by atoms with Crippen LogP contribution >= 0.6 is 11.6 Å². The van der Waals surface area contributed by atoms with E-state index in [2.05, 4.69) is 5.64 Å². The molecule has 1 unspecified atom stereocenters. The summed E-state index contributed by atoms with van der Waals surface area (Å²) in [5.74, 6) is -0.0455. The maximum atomic E-state index is 12.6. The third-order valence-electron chi connectivity index (χ3n) is 5.81. The summed E-state index contributed by atoms with van der Waals surface area (Å²) in [7, 11) is 0. The Hall–Kier alpha value is -3.70. The number of carbonyl (C=O) groups excluding carboxylic acids is 2. The predicted molar refractivity (Wildman–Crippen MR) is 144 cm³/mol. The average Bonchev–Trinajstić information content (AvgIpc) is 2.93. The summed E-state index contributed by atoms with van der Waals surface area (Å²) in [4.78, 5) is 35.3. The number of likely N-dealkylation sites (tertiary alicyclic amines) is 1. The fourth-order valence-corrected chi connectivity index (χ4v) is 4.04. The summed E-state index contributed by atoms with van der Waals surface area (Å²) in [6.45, 7) is 3.55. The van der Waals surface area contributed by atoms with E-state index < -0.39 is 5.91 Å². The van der Waals surface area contributed by atoms with Gasteiger partial charge in [-0.15, -0.1) is 0 Å². The van der Waals surface area contributed by atoms with Crippen LogP contribution in [0.5, 0.6) is 11.5 Å². The van der Waals surface area contributed by atoms with Crippen molar-refractivity contribution in [1.82, 2.24) is 10.5 Å². The lowest BCUT2D eigenvalue weighted by atomic mass is 10.0. The van der Waals surface area contributed by atoms with Gasteiger partial charge in [-0.25, -0.2) is 0 Å². The van der Waals surface area contributed by atoms with Crippen LogP contribution in [0.4, 0.5) is 0 Å². The van der Waals surface area contributed by atoms with Gasteiger partial charge in [0, 0.05) is 35.8 Å². The minimum absolute atomic E-state index is 0.0282. The number of primary amides is 1. The van der Waals surface area contributed by atoms with Crippen LogP contribution in [-0.2, 0) is 14.5 Å². The number of phenolic OH excluding ortho intramolecular Hbond substituents is 1. The summed E-state index contributed by atoms with van der Waals surface area (Å²) in [6, 6.07) is 15.4. The first kappa shape index (κ1) is 28.9. The summed E-state index contributed by atoms with van der Waals surface area (Å²) < 4.78 is 5.82. The second kappa shape index (κ2) is 14.3. The van der Waals surface area contributed by atoms with Gasteiger partial charge in [0.05, 0.1) is 17.7 Å². The van der Waals surface area contributed by atoms with E-state index in [1.165, 1.54) is 24.4 Å². The lowest BCUT2D eigenvalue weighted by molar-refractivity contribution is -0.205. The molecule has 5 N–H and O–H groups in total. The number of hydrogen-bond donors (Lipinski definition) is 4. The van der Waals surface area contributed by atoms with Gasteiger partial charge in [-0.1, -0.05) is 41.5 Å². The maximum Gasteiger partial charge on any atom is 0.260 e. The Bertz CT molecular complexity index is 1270. The number of halogens is 1. The molecule has 3 aromatic carbocycles. The minimum Gasteiger partial charge on any atom is -0.506 e. The van der Waals surface area contributed by atoms with E-state index in [1.54, 1.807) is 4.90 Å². The van der Waals surface area contributed by atoms with E-state index in [0.29, 0.717) is 25.4 Å². The van der Waals surface area contributed by atoms with Gasteiger partial charge in [-0.2, -0.15) is 0 Å². The van der Waals surface area contributed by atoms with E-state index in [0.717, 1.165) is 29.2 Å². The van der Waals surface area contributed by atoms with Crippen LogP contribution in [0.2, 0.25) is 5.02 Å². The third kappa shape index (κ3) is 7.90. The zero-order chi connectivity index (χ0) is 27.5. The topological polar surface area (TPSA) is 147 Å². The number of nitrogens with two attached hydrogens (primary N) is 1. The lowest BCUT2D eigenvalue weighted by Crippen LogP contribution is -2.46. The molecule has 1 atom stereocenters. The number of rotatable bonds is 9. The number of nitrogens with one attached hydrogen (secondary N) is 2. The number of nitrogens with zero attached hydrogens (tertiary/aromatic N) is 1. The number of phenols is 1. The van der Waals surface area contributed by atoms with Crippen LogP contribution in [0.3, 0.4) is 0 Å². The van der Waals surface area contributed by atoms with Crippen molar-refractivity contribution in [2.24, 2.45) is 5.73 Å². The van der Waals surface area contributed by atoms with E-state index in [4.69, 9.17) is 42.3 Å². The number of carbonyl (C=O) groups is 2. The molecule has 1 fully saturated rings. The van der Waals surface area contributed by atoms with Crippen molar-refractivity contribution < 1.29 is 29.1 Å². The summed E-state index contributed by atoms with van der Waals surface area (Å²) in [5, 5.41) is 18.4. The Morgan fingerprint density at radius 3 is 2.66 bits per heavy atom. The van der Waals surface area contributed by atoms with Crippen molar-refractivity contribution >= 4 is 40.4 Å². The van der Waals surface area contributed by atoms with Gasteiger partial charge in [0.25, 0.3) is 5.91 Å². The van der Waals surface area contributed by atoms with Gasteiger partial charge < -0.3 is 25.9 Å². The molecule has 1 aliphatic heterocycles. The Morgan fingerprint density at radius 2 is 1.97 bits per heavy atom. The van der Waals surface area contributed by atoms with Crippen molar-refractivity contribution in [3.8, 4) is 11.5 Å². The Kier molecular flexibility index (Phi) is 10.9. The van der Waals surface area contributed by atoms with Gasteiger partial charge in [0.1, 0.15) is 11.5 Å². The van der Waals surface area contributed by atoms with Crippen molar-refractivity contribution in [2.45, 2.75) is 25.9 Å². The van der Waals surface area contributed by atoms with Crippen molar-refractivity contribution in [1.29, 1.82) is 5.41 Å². The second-order valence-corrected chi connectivity index (χ2v) is 8.81. The van der Waals surface area contributed by atoms with Crippen LogP contribution in [0, 0.1) is 5.41 Å². The molecule has 10 nitrogen and oxygen atoms in total. The molecule has 0 bridgehead atoms. The maximum absolute atomic E-state index is 12.6. The number of aromatic hydroxyl groups is 1. The van der Waals surface area contributed by atoms with E-state index in [1.807, 2.05) is 43.3 Å². The molecule has 38 heavy (non-hydrogen) atoms. The molecule has 3 aromatic rings. The lowest BCUT2D eigenvalue weighted by Gasteiger charge is -2.32. The molecule has 202 valence electrons. The van der Waals surface area contributed by atoms with Gasteiger partial charge in [0.2, 0.25) is 5.91 Å². The number of ether oxygens (including phenoxy) is 1. The molecule has 2 amide bonds. The van der Waals surface area contributed by atoms with Crippen LogP contribution in [0.1, 0.15) is 35.7 Å². The first-order valence-electron chi connectivity index (χ1n) is 12.1. The van der Waals surface area contributed by atoms with Crippen molar-refractivity contribution in [3.05, 3.63) is 70.7 Å². The quantitative estimate of drug-likeness (QED) is 0.182. The van der Waals surface area contributed by atoms with Crippen LogP contribution < -0.4 is 16.1 Å². The zero-order valence-electron chi connectivity index (χ0n) is 21.0. The number of piperidine rings is 1. The zero-order valence-corrected chi connectivity index (χ0v) is 21.7. The average molecular weight is 543 g/mol. The smallest absolute Gasteiger partial charge is 0.260 e.